The van der Waals surface area contributed by atoms with Crippen LogP contribution in [-0.2, 0) is 4.74 Å². The summed E-state index contributed by atoms with van der Waals surface area (Å²) in [6.07, 6.45) is 9.30. The summed E-state index contributed by atoms with van der Waals surface area (Å²) in [7, 11) is 0. The summed E-state index contributed by atoms with van der Waals surface area (Å²) in [5, 5.41) is 6.39. The van der Waals surface area contributed by atoms with Crippen molar-refractivity contribution < 1.29 is 4.74 Å². The van der Waals surface area contributed by atoms with Crippen LogP contribution in [0.25, 0.3) is 0 Å². The van der Waals surface area contributed by atoms with Gasteiger partial charge in [-0.15, -0.1) is 0 Å². The zero-order chi connectivity index (χ0) is 15.7. The minimum atomic E-state index is -0.0219. The van der Waals surface area contributed by atoms with Gasteiger partial charge in [-0.2, -0.15) is 5.10 Å². The van der Waals surface area contributed by atoms with Crippen molar-refractivity contribution in [2.45, 2.75) is 45.8 Å². The highest BCUT2D eigenvalue weighted by atomic mass is 16.5. The Hall–Kier alpha value is -1.88. The number of hydrogen-bond acceptors (Lipinski definition) is 4. The molecule has 0 aromatic rings. The SMILES string of the molecule is C=C/C(N)=N\C(=C)/C=C(/C)N(/N=C\CC)C1CCCCO1. The Kier molecular flexibility index (Phi) is 7.46. The molecule has 116 valence electrons. The zero-order valence-electron chi connectivity index (χ0n) is 13.1. The number of rotatable bonds is 7. The molecule has 1 rings (SSSR count). The van der Waals surface area contributed by atoms with Crippen molar-refractivity contribution in [3.05, 3.63) is 36.7 Å². The Labute approximate surface area is 127 Å². The average molecular weight is 290 g/mol. The minimum absolute atomic E-state index is 0.0219. The summed E-state index contributed by atoms with van der Waals surface area (Å²) in [4.78, 5) is 4.13. The lowest BCUT2D eigenvalue weighted by Crippen LogP contribution is -2.34. The lowest BCUT2D eigenvalue weighted by molar-refractivity contribution is -0.0702. The van der Waals surface area contributed by atoms with E-state index in [2.05, 4.69) is 30.2 Å². The first kappa shape index (κ1) is 17.2. The Morgan fingerprint density at radius 2 is 2.24 bits per heavy atom. The van der Waals surface area contributed by atoms with Crippen molar-refractivity contribution >= 4 is 12.1 Å². The molecular weight excluding hydrogens is 264 g/mol. The van der Waals surface area contributed by atoms with E-state index >= 15 is 0 Å². The number of aliphatic imine (C=N–C) groups is 1. The van der Waals surface area contributed by atoms with Gasteiger partial charge in [0, 0.05) is 18.5 Å². The predicted molar refractivity (Wildman–Crippen MR) is 88.9 cm³/mol. The number of nitrogens with two attached hydrogens (primary N) is 1. The van der Waals surface area contributed by atoms with Crippen LogP contribution in [0.1, 0.15) is 39.5 Å². The topological polar surface area (TPSA) is 63.2 Å². The van der Waals surface area contributed by atoms with Gasteiger partial charge in [0.15, 0.2) is 0 Å². The molecule has 0 radical (unpaired) electrons. The normalized spacial score (nSPS) is 20.6. The van der Waals surface area contributed by atoms with Crippen molar-refractivity contribution in [1.29, 1.82) is 0 Å². The van der Waals surface area contributed by atoms with Crippen molar-refractivity contribution in [1.82, 2.24) is 5.01 Å². The zero-order valence-corrected chi connectivity index (χ0v) is 13.1. The van der Waals surface area contributed by atoms with Gasteiger partial charge >= 0.3 is 0 Å². The van der Waals surface area contributed by atoms with Gasteiger partial charge in [0.1, 0.15) is 12.1 Å². The highest BCUT2D eigenvalue weighted by molar-refractivity contribution is 5.91. The van der Waals surface area contributed by atoms with Gasteiger partial charge in [-0.1, -0.05) is 20.1 Å². The second-order valence-corrected chi connectivity index (χ2v) is 4.89. The Bertz CT molecular complexity index is 445. The summed E-state index contributed by atoms with van der Waals surface area (Å²) in [6, 6.07) is 0. The molecule has 0 aromatic carbocycles. The lowest BCUT2D eigenvalue weighted by Gasteiger charge is -2.32. The molecule has 21 heavy (non-hydrogen) atoms. The monoisotopic (exact) mass is 290 g/mol. The summed E-state index contributed by atoms with van der Waals surface area (Å²) < 4.78 is 5.81. The van der Waals surface area contributed by atoms with Crippen LogP contribution >= 0.6 is 0 Å². The maximum absolute atomic E-state index is 5.81. The molecule has 5 nitrogen and oxygen atoms in total. The number of ether oxygens (including phenoxy) is 1. The van der Waals surface area contributed by atoms with Crippen LogP contribution in [-0.4, -0.2) is 29.9 Å². The van der Waals surface area contributed by atoms with Crippen LogP contribution in [0.5, 0.6) is 0 Å². The van der Waals surface area contributed by atoms with Gasteiger partial charge in [0.2, 0.25) is 0 Å². The molecule has 0 aromatic heterocycles. The molecule has 0 amide bonds. The molecule has 5 heteroatoms. The Morgan fingerprint density at radius 3 is 2.81 bits per heavy atom. The molecule has 0 saturated carbocycles. The summed E-state index contributed by atoms with van der Waals surface area (Å²) >= 11 is 0. The molecule has 1 unspecified atom stereocenters. The largest absolute Gasteiger partial charge is 0.384 e. The highest BCUT2D eigenvalue weighted by Crippen LogP contribution is 2.21. The summed E-state index contributed by atoms with van der Waals surface area (Å²) in [6.45, 7) is 12.2. The van der Waals surface area contributed by atoms with Gasteiger partial charge in [-0.25, -0.2) is 10.0 Å². The lowest BCUT2D eigenvalue weighted by atomic mass is 10.2. The van der Waals surface area contributed by atoms with Gasteiger partial charge in [-0.3, -0.25) is 0 Å². The number of nitrogens with zero attached hydrogens (tertiary/aromatic N) is 3. The van der Waals surface area contributed by atoms with Crippen molar-refractivity contribution in [2.75, 3.05) is 6.61 Å². The fourth-order valence-electron chi connectivity index (χ4n) is 2.03. The third kappa shape index (κ3) is 5.95. The highest BCUT2D eigenvalue weighted by Gasteiger charge is 2.21. The van der Waals surface area contributed by atoms with Crippen molar-refractivity contribution in [3.63, 3.8) is 0 Å². The Balaban J connectivity index is 2.87. The van der Waals surface area contributed by atoms with E-state index in [9.17, 15) is 0 Å². The van der Waals surface area contributed by atoms with Gasteiger partial charge in [0.05, 0.1) is 5.70 Å². The average Bonchev–Trinajstić information content (AvgIpc) is 2.48. The van der Waals surface area contributed by atoms with Crippen LogP contribution in [0.3, 0.4) is 0 Å². The third-order valence-electron chi connectivity index (χ3n) is 3.04. The first-order valence-corrected chi connectivity index (χ1v) is 7.35. The molecule has 1 aliphatic rings. The predicted octanol–water partition coefficient (Wildman–Crippen LogP) is 3.17. The maximum atomic E-state index is 5.81. The van der Waals surface area contributed by atoms with Crippen LogP contribution in [0.4, 0.5) is 0 Å². The minimum Gasteiger partial charge on any atom is -0.384 e. The maximum Gasteiger partial charge on any atom is 0.150 e. The van der Waals surface area contributed by atoms with Crippen LogP contribution < -0.4 is 5.73 Å². The number of amidine groups is 1. The standard InChI is InChI=1S/C16H26N4O/c1-5-10-18-20(16-9-7-8-11-21-16)14(4)12-13(3)19-15(17)6-2/h6,10,12,16H,2-3,5,7-9,11H2,1,4H3,(H2,17,19)/b14-12-,18-10-. The number of hydrogen-bond donors (Lipinski definition) is 1. The van der Waals surface area contributed by atoms with E-state index in [1.165, 1.54) is 6.08 Å². The second kappa shape index (κ2) is 9.13. The number of hydrazone groups is 1. The first-order chi connectivity index (χ1) is 10.1. The molecular formula is C16H26N4O. The molecule has 1 saturated heterocycles. The first-order valence-electron chi connectivity index (χ1n) is 7.35. The number of allylic oxidation sites excluding steroid dienone is 2. The molecule has 1 atom stereocenters. The van der Waals surface area contributed by atoms with E-state index in [4.69, 9.17) is 10.5 Å². The van der Waals surface area contributed by atoms with E-state index in [0.717, 1.165) is 38.0 Å². The molecule has 0 bridgehead atoms. The fraction of sp³-hybridized carbons (Fsp3) is 0.500. The van der Waals surface area contributed by atoms with E-state index in [-0.39, 0.29) is 6.23 Å². The van der Waals surface area contributed by atoms with Crippen LogP contribution in [0, 0.1) is 0 Å². The Morgan fingerprint density at radius 1 is 1.48 bits per heavy atom. The quantitative estimate of drug-likeness (QED) is 0.339. The molecule has 1 heterocycles. The van der Waals surface area contributed by atoms with E-state index in [1.807, 2.05) is 24.2 Å². The third-order valence-corrected chi connectivity index (χ3v) is 3.04. The van der Waals surface area contributed by atoms with Crippen molar-refractivity contribution in [2.24, 2.45) is 15.8 Å². The molecule has 1 aliphatic heterocycles. The van der Waals surface area contributed by atoms with Crippen LogP contribution in [0.15, 0.2) is 46.8 Å². The molecule has 1 fully saturated rings. The van der Waals surface area contributed by atoms with E-state index < -0.39 is 0 Å². The second-order valence-electron chi connectivity index (χ2n) is 4.89. The fourth-order valence-corrected chi connectivity index (χ4v) is 2.03. The summed E-state index contributed by atoms with van der Waals surface area (Å²) in [5.74, 6) is 0.349. The molecule has 2 N–H and O–H groups in total. The summed E-state index contributed by atoms with van der Waals surface area (Å²) in [5.41, 5.74) is 7.12. The van der Waals surface area contributed by atoms with E-state index in [1.54, 1.807) is 0 Å². The molecule has 0 aliphatic carbocycles. The van der Waals surface area contributed by atoms with Gasteiger partial charge < -0.3 is 10.5 Å². The van der Waals surface area contributed by atoms with Crippen LogP contribution in [0.2, 0.25) is 0 Å². The van der Waals surface area contributed by atoms with Crippen molar-refractivity contribution in [3.8, 4) is 0 Å². The molecule has 0 spiro atoms. The van der Waals surface area contributed by atoms with E-state index in [0.29, 0.717) is 11.5 Å². The smallest absolute Gasteiger partial charge is 0.150 e. The van der Waals surface area contributed by atoms with Gasteiger partial charge in [-0.05, 0) is 44.8 Å². The van der Waals surface area contributed by atoms with Gasteiger partial charge in [0.25, 0.3) is 0 Å².